The van der Waals surface area contributed by atoms with Crippen LogP contribution in [0.4, 0.5) is 0 Å². The number of hydrogen-bond donors (Lipinski definition) is 0. The Balaban J connectivity index is 2.28. The lowest BCUT2D eigenvalue weighted by atomic mass is 10.2. The lowest BCUT2D eigenvalue weighted by Crippen LogP contribution is -1.68. The summed E-state index contributed by atoms with van der Waals surface area (Å²) in [5, 5.41) is 4.39. The summed E-state index contributed by atoms with van der Waals surface area (Å²) in [7, 11) is 0. The van der Waals surface area contributed by atoms with E-state index in [1.54, 1.807) is 22.7 Å². The minimum atomic E-state index is 0.615. The third-order valence-electron chi connectivity index (χ3n) is 2.35. The van der Waals surface area contributed by atoms with Crippen molar-refractivity contribution < 1.29 is 0 Å². The van der Waals surface area contributed by atoms with Crippen molar-refractivity contribution in [3.8, 4) is 9.75 Å². The average molecular weight is 285 g/mol. The fourth-order valence-electron chi connectivity index (χ4n) is 1.59. The molecule has 0 aliphatic carbocycles. The lowest BCUT2D eigenvalue weighted by Gasteiger charge is -1.95. The van der Waals surface area contributed by atoms with Gasteiger partial charge in [0, 0.05) is 19.8 Å². The van der Waals surface area contributed by atoms with E-state index in [4.69, 9.17) is 23.2 Å². The number of thiophene rings is 2. The summed E-state index contributed by atoms with van der Waals surface area (Å²) < 4.78 is 1.18. The van der Waals surface area contributed by atoms with Gasteiger partial charge in [-0.3, -0.25) is 0 Å². The molecule has 0 saturated carbocycles. The number of benzene rings is 1. The van der Waals surface area contributed by atoms with Crippen LogP contribution in [0.5, 0.6) is 0 Å². The third kappa shape index (κ3) is 1.66. The molecule has 0 bridgehead atoms. The minimum absolute atomic E-state index is 0.615. The van der Waals surface area contributed by atoms with Gasteiger partial charge in [-0.15, -0.1) is 22.7 Å². The van der Waals surface area contributed by atoms with Crippen LogP contribution in [0.3, 0.4) is 0 Å². The molecule has 0 saturated heterocycles. The van der Waals surface area contributed by atoms with Crippen molar-refractivity contribution in [2.45, 2.75) is 0 Å². The molecule has 3 aromatic rings. The predicted octanol–water partition coefficient (Wildman–Crippen LogP) is 5.94. The molecule has 0 nitrogen and oxygen atoms in total. The monoisotopic (exact) mass is 284 g/mol. The molecule has 80 valence electrons. The second kappa shape index (κ2) is 4.04. The van der Waals surface area contributed by atoms with E-state index in [9.17, 15) is 0 Å². The van der Waals surface area contributed by atoms with Crippen molar-refractivity contribution in [2.24, 2.45) is 0 Å². The molecule has 1 aromatic carbocycles. The molecule has 4 heteroatoms. The molecule has 0 fully saturated rings. The summed E-state index contributed by atoms with van der Waals surface area (Å²) in [6.07, 6.45) is 0. The van der Waals surface area contributed by atoms with Crippen LogP contribution in [0.2, 0.25) is 10.0 Å². The molecule has 2 heterocycles. The van der Waals surface area contributed by atoms with Crippen LogP contribution >= 0.6 is 45.9 Å². The first kappa shape index (κ1) is 10.6. The van der Waals surface area contributed by atoms with Crippen LogP contribution in [-0.4, -0.2) is 0 Å². The van der Waals surface area contributed by atoms with E-state index < -0.39 is 0 Å². The Hall–Kier alpha value is -0.540. The largest absolute Gasteiger partial charge is 0.143 e. The first-order valence-electron chi connectivity index (χ1n) is 4.67. The van der Waals surface area contributed by atoms with E-state index in [2.05, 4.69) is 23.6 Å². The second-order valence-electron chi connectivity index (χ2n) is 3.36. The van der Waals surface area contributed by atoms with Crippen molar-refractivity contribution in [3.63, 3.8) is 0 Å². The van der Waals surface area contributed by atoms with Crippen molar-refractivity contribution >= 4 is 56.0 Å². The third-order valence-corrected chi connectivity index (χ3v) is 5.34. The Morgan fingerprint density at radius 3 is 2.62 bits per heavy atom. The number of halogens is 2. The molecule has 2 aromatic heterocycles. The standard InChI is InChI=1S/C12H6Cl2S2/c13-8-3-4-9-7(12(8)14)6-11(16-9)10-2-1-5-15-10/h1-6H. The molecule has 16 heavy (non-hydrogen) atoms. The molecular formula is C12H6Cl2S2. The van der Waals surface area contributed by atoms with E-state index >= 15 is 0 Å². The van der Waals surface area contributed by atoms with Gasteiger partial charge in [0.2, 0.25) is 0 Å². The SMILES string of the molecule is Clc1ccc2sc(-c3cccs3)cc2c1Cl. The van der Waals surface area contributed by atoms with Crippen LogP contribution in [0, 0.1) is 0 Å². The van der Waals surface area contributed by atoms with E-state index in [-0.39, 0.29) is 0 Å². The second-order valence-corrected chi connectivity index (χ2v) is 6.18. The van der Waals surface area contributed by atoms with Gasteiger partial charge in [-0.2, -0.15) is 0 Å². The summed E-state index contributed by atoms with van der Waals surface area (Å²) in [6, 6.07) is 10.1. The number of fused-ring (bicyclic) bond motifs is 1. The van der Waals surface area contributed by atoms with Gasteiger partial charge in [-0.1, -0.05) is 29.3 Å². The molecular weight excluding hydrogens is 279 g/mol. The maximum atomic E-state index is 6.18. The normalized spacial score (nSPS) is 11.1. The maximum Gasteiger partial charge on any atom is 0.0679 e. The highest BCUT2D eigenvalue weighted by Gasteiger charge is 2.09. The minimum Gasteiger partial charge on any atom is -0.143 e. The Morgan fingerprint density at radius 1 is 1.00 bits per heavy atom. The van der Waals surface area contributed by atoms with Crippen molar-refractivity contribution in [2.75, 3.05) is 0 Å². The topological polar surface area (TPSA) is 0 Å². The smallest absolute Gasteiger partial charge is 0.0679 e. The molecule has 0 unspecified atom stereocenters. The molecule has 0 radical (unpaired) electrons. The average Bonchev–Trinajstić information content (AvgIpc) is 2.91. The Bertz CT molecular complexity index is 638. The molecule has 0 aliphatic rings. The number of rotatable bonds is 1. The zero-order chi connectivity index (χ0) is 11.1. The summed E-state index contributed by atoms with van der Waals surface area (Å²) >= 11 is 15.7. The van der Waals surface area contributed by atoms with E-state index in [0.717, 1.165) is 5.39 Å². The molecule has 0 atom stereocenters. The zero-order valence-corrected chi connectivity index (χ0v) is 11.2. The van der Waals surface area contributed by atoms with Gasteiger partial charge in [-0.25, -0.2) is 0 Å². The number of hydrogen-bond acceptors (Lipinski definition) is 2. The Labute approximate surface area is 111 Å². The van der Waals surface area contributed by atoms with Crippen LogP contribution in [0.15, 0.2) is 35.7 Å². The van der Waals surface area contributed by atoms with Gasteiger partial charge in [0.05, 0.1) is 10.0 Å². The highest BCUT2D eigenvalue weighted by molar-refractivity contribution is 7.25. The van der Waals surface area contributed by atoms with Crippen LogP contribution in [0.25, 0.3) is 19.8 Å². The van der Waals surface area contributed by atoms with Gasteiger partial charge in [0.1, 0.15) is 0 Å². The van der Waals surface area contributed by atoms with Gasteiger partial charge >= 0.3 is 0 Å². The summed E-state index contributed by atoms with van der Waals surface area (Å²) in [6.45, 7) is 0. The van der Waals surface area contributed by atoms with Crippen molar-refractivity contribution in [3.05, 3.63) is 45.8 Å². The van der Waals surface area contributed by atoms with E-state index in [0.29, 0.717) is 10.0 Å². The first-order valence-corrected chi connectivity index (χ1v) is 7.12. The summed E-state index contributed by atoms with van der Waals surface area (Å²) in [5.74, 6) is 0. The quantitative estimate of drug-likeness (QED) is 0.519. The van der Waals surface area contributed by atoms with Gasteiger partial charge in [0.25, 0.3) is 0 Å². The highest BCUT2D eigenvalue weighted by Crippen LogP contribution is 2.40. The summed E-state index contributed by atoms with van der Waals surface area (Å²) in [5.41, 5.74) is 0. The van der Waals surface area contributed by atoms with Crippen LogP contribution in [-0.2, 0) is 0 Å². The fraction of sp³-hybridized carbons (Fsp3) is 0. The van der Waals surface area contributed by atoms with Gasteiger partial charge in [-0.05, 0) is 29.6 Å². The molecule has 3 rings (SSSR count). The predicted molar refractivity (Wildman–Crippen MR) is 75.2 cm³/mol. The van der Waals surface area contributed by atoms with Crippen molar-refractivity contribution in [1.82, 2.24) is 0 Å². The highest BCUT2D eigenvalue weighted by atomic mass is 35.5. The molecule has 0 spiro atoms. The van der Waals surface area contributed by atoms with Crippen molar-refractivity contribution in [1.29, 1.82) is 0 Å². The van der Waals surface area contributed by atoms with Gasteiger partial charge < -0.3 is 0 Å². The van der Waals surface area contributed by atoms with Crippen LogP contribution in [0.1, 0.15) is 0 Å². The van der Waals surface area contributed by atoms with Gasteiger partial charge in [0.15, 0.2) is 0 Å². The van der Waals surface area contributed by atoms with E-state index in [1.165, 1.54) is 14.5 Å². The molecule has 0 aliphatic heterocycles. The molecule has 0 N–H and O–H groups in total. The summed E-state index contributed by atoms with van der Waals surface area (Å²) in [4.78, 5) is 2.52. The Morgan fingerprint density at radius 2 is 1.88 bits per heavy atom. The lowest BCUT2D eigenvalue weighted by molar-refractivity contribution is 1.84. The fourth-order valence-corrected chi connectivity index (χ4v) is 3.93. The maximum absolute atomic E-state index is 6.18. The molecule has 0 amide bonds. The van der Waals surface area contributed by atoms with E-state index in [1.807, 2.05) is 12.1 Å². The Kier molecular flexibility index (Phi) is 2.68. The van der Waals surface area contributed by atoms with Crippen LogP contribution < -0.4 is 0 Å². The first-order chi connectivity index (χ1) is 7.75. The zero-order valence-electron chi connectivity index (χ0n) is 8.04.